The van der Waals surface area contributed by atoms with Crippen molar-refractivity contribution in [2.75, 3.05) is 26.3 Å². The molecule has 156 valence electrons. The number of nitrogens with zero attached hydrogens (tertiary/aromatic N) is 1. The summed E-state index contributed by atoms with van der Waals surface area (Å²) in [6, 6.07) is 11.3. The number of ether oxygens (including phenoxy) is 1. The first-order valence-electron chi connectivity index (χ1n) is 9.19. The Hall–Kier alpha value is -2.00. The Balaban J connectivity index is 1.65. The molecule has 1 amide bonds. The van der Waals surface area contributed by atoms with E-state index in [1.807, 2.05) is 0 Å². The highest BCUT2D eigenvalue weighted by Crippen LogP contribution is 2.20. The number of carbonyl (C=O) groups excluding carboxylic acids is 1. The van der Waals surface area contributed by atoms with Crippen molar-refractivity contribution in [3.05, 3.63) is 70.0 Å². The predicted molar refractivity (Wildman–Crippen MR) is 108 cm³/mol. The molecule has 2 aromatic rings. The van der Waals surface area contributed by atoms with E-state index in [9.17, 15) is 17.6 Å². The zero-order chi connectivity index (χ0) is 20.9. The van der Waals surface area contributed by atoms with Crippen LogP contribution in [0.1, 0.15) is 16.7 Å². The van der Waals surface area contributed by atoms with Crippen LogP contribution in [0, 0.1) is 5.82 Å². The van der Waals surface area contributed by atoms with Crippen molar-refractivity contribution < 1.29 is 22.3 Å². The number of carbonyl (C=O) groups is 1. The van der Waals surface area contributed by atoms with Crippen molar-refractivity contribution in [2.24, 2.45) is 0 Å². The van der Waals surface area contributed by atoms with E-state index < -0.39 is 21.7 Å². The molecule has 0 aromatic heterocycles. The molecule has 0 radical (unpaired) electrons. The number of amides is 1. The van der Waals surface area contributed by atoms with E-state index in [0.717, 1.165) is 0 Å². The number of benzene rings is 2. The molecule has 0 spiro atoms. The van der Waals surface area contributed by atoms with Gasteiger partial charge in [-0.05, 0) is 23.3 Å². The summed E-state index contributed by atoms with van der Waals surface area (Å²) in [5.74, 6) is -1.09. The lowest BCUT2D eigenvalue weighted by Crippen LogP contribution is -2.41. The van der Waals surface area contributed by atoms with Crippen molar-refractivity contribution in [2.45, 2.75) is 18.7 Å². The summed E-state index contributed by atoms with van der Waals surface area (Å²) < 4.78 is 45.9. The second-order valence-corrected chi connectivity index (χ2v) is 9.07. The zero-order valence-electron chi connectivity index (χ0n) is 15.7. The maximum absolute atomic E-state index is 13.9. The van der Waals surface area contributed by atoms with Gasteiger partial charge in [0.15, 0.2) is 0 Å². The second kappa shape index (κ2) is 9.67. The Bertz CT molecular complexity index is 958. The van der Waals surface area contributed by atoms with Crippen LogP contribution in [-0.4, -0.2) is 44.9 Å². The van der Waals surface area contributed by atoms with Crippen LogP contribution < -0.4 is 5.32 Å². The minimum absolute atomic E-state index is 0.134. The van der Waals surface area contributed by atoms with Crippen LogP contribution in [0.5, 0.6) is 0 Å². The van der Waals surface area contributed by atoms with Gasteiger partial charge in [-0.25, -0.2) is 12.8 Å². The summed E-state index contributed by atoms with van der Waals surface area (Å²) in [6.07, 6.45) is -0.195. The third-order valence-corrected chi connectivity index (χ3v) is 6.88. The number of hydrogen-bond acceptors (Lipinski definition) is 4. The third-order valence-electron chi connectivity index (χ3n) is 4.69. The molecular weight excluding hydrogens is 419 g/mol. The van der Waals surface area contributed by atoms with Crippen molar-refractivity contribution in [1.29, 1.82) is 0 Å². The molecule has 0 saturated carbocycles. The predicted octanol–water partition coefficient (Wildman–Crippen LogP) is 2.50. The molecule has 1 heterocycles. The van der Waals surface area contributed by atoms with Crippen molar-refractivity contribution >= 4 is 27.5 Å². The molecule has 29 heavy (non-hydrogen) atoms. The summed E-state index contributed by atoms with van der Waals surface area (Å²) in [5.41, 5.74) is 1.44. The average molecular weight is 441 g/mol. The van der Waals surface area contributed by atoms with Gasteiger partial charge in [-0.1, -0.05) is 41.9 Å². The van der Waals surface area contributed by atoms with Gasteiger partial charge in [-0.3, -0.25) is 4.79 Å². The highest BCUT2D eigenvalue weighted by atomic mass is 35.5. The number of sulfonamides is 1. The standard InChI is InChI=1S/C20H22ClFN2O4S/c21-18-6-3-7-19(22)17(18)12-20(25)23-13-15-4-1-2-5-16(15)14-29(26,27)24-8-10-28-11-9-24/h1-7H,8-14H2,(H,23,25). The first-order chi connectivity index (χ1) is 13.9. The van der Waals surface area contributed by atoms with Crippen molar-refractivity contribution in [1.82, 2.24) is 9.62 Å². The molecule has 0 atom stereocenters. The van der Waals surface area contributed by atoms with Gasteiger partial charge in [0.25, 0.3) is 0 Å². The highest BCUT2D eigenvalue weighted by Gasteiger charge is 2.25. The largest absolute Gasteiger partial charge is 0.379 e. The summed E-state index contributed by atoms with van der Waals surface area (Å²) >= 11 is 5.96. The first-order valence-corrected chi connectivity index (χ1v) is 11.2. The Morgan fingerprint density at radius 2 is 1.79 bits per heavy atom. The summed E-state index contributed by atoms with van der Waals surface area (Å²) in [6.45, 7) is 1.58. The molecule has 1 saturated heterocycles. The molecule has 0 bridgehead atoms. The van der Waals surface area contributed by atoms with E-state index in [1.54, 1.807) is 24.3 Å². The molecule has 0 aliphatic carbocycles. The molecule has 1 fully saturated rings. The quantitative estimate of drug-likeness (QED) is 0.717. The maximum Gasteiger partial charge on any atom is 0.224 e. The van der Waals surface area contributed by atoms with E-state index in [2.05, 4.69) is 5.32 Å². The smallest absolute Gasteiger partial charge is 0.224 e. The molecule has 1 N–H and O–H groups in total. The van der Waals surface area contributed by atoms with Gasteiger partial charge in [-0.15, -0.1) is 0 Å². The van der Waals surface area contributed by atoms with Crippen LogP contribution in [0.3, 0.4) is 0 Å². The SMILES string of the molecule is O=C(Cc1c(F)cccc1Cl)NCc1ccccc1CS(=O)(=O)N1CCOCC1. The van der Waals surface area contributed by atoms with Crippen LogP contribution in [0.2, 0.25) is 5.02 Å². The molecule has 3 rings (SSSR count). The van der Waals surface area contributed by atoms with Gasteiger partial charge in [0.1, 0.15) is 5.82 Å². The highest BCUT2D eigenvalue weighted by molar-refractivity contribution is 7.88. The summed E-state index contributed by atoms with van der Waals surface area (Å²) in [7, 11) is -3.48. The summed E-state index contributed by atoms with van der Waals surface area (Å²) in [4.78, 5) is 12.3. The second-order valence-electron chi connectivity index (χ2n) is 6.69. The van der Waals surface area contributed by atoms with Crippen LogP contribution >= 0.6 is 11.6 Å². The minimum atomic E-state index is -3.48. The average Bonchev–Trinajstić information content (AvgIpc) is 2.71. The van der Waals surface area contributed by atoms with Crippen molar-refractivity contribution in [3.8, 4) is 0 Å². The molecule has 1 aliphatic heterocycles. The topological polar surface area (TPSA) is 75.7 Å². The van der Waals surface area contributed by atoms with E-state index >= 15 is 0 Å². The lowest BCUT2D eigenvalue weighted by atomic mass is 10.1. The van der Waals surface area contributed by atoms with Crippen LogP contribution in [0.25, 0.3) is 0 Å². The molecule has 9 heteroatoms. The number of morpholine rings is 1. The maximum atomic E-state index is 13.9. The van der Waals surface area contributed by atoms with E-state index in [4.69, 9.17) is 16.3 Å². The molecule has 1 aliphatic rings. The molecule has 0 unspecified atom stereocenters. The number of rotatable bonds is 7. The van der Waals surface area contributed by atoms with Gasteiger partial charge < -0.3 is 10.1 Å². The van der Waals surface area contributed by atoms with E-state index in [-0.39, 0.29) is 29.3 Å². The molecule has 6 nitrogen and oxygen atoms in total. The number of nitrogens with one attached hydrogen (secondary N) is 1. The number of hydrogen-bond donors (Lipinski definition) is 1. The van der Waals surface area contributed by atoms with Crippen LogP contribution in [0.4, 0.5) is 4.39 Å². The Kier molecular flexibility index (Phi) is 7.23. The Labute approximate surface area is 174 Å². The summed E-state index contributed by atoms with van der Waals surface area (Å²) in [5, 5.41) is 2.91. The third kappa shape index (κ3) is 5.76. The first kappa shape index (κ1) is 21.7. The Morgan fingerprint density at radius 3 is 2.48 bits per heavy atom. The van der Waals surface area contributed by atoms with Gasteiger partial charge >= 0.3 is 0 Å². The van der Waals surface area contributed by atoms with Crippen LogP contribution in [0.15, 0.2) is 42.5 Å². The van der Waals surface area contributed by atoms with E-state index in [0.29, 0.717) is 37.4 Å². The van der Waals surface area contributed by atoms with Gasteiger partial charge in [0.05, 0.1) is 25.4 Å². The van der Waals surface area contributed by atoms with Gasteiger partial charge in [0, 0.05) is 30.2 Å². The van der Waals surface area contributed by atoms with E-state index in [1.165, 1.54) is 22.5 Å². The number of halogens is 2. The normalized spacial score (nSPS) is 15.2. The molecular formula is C20H22ClFN2O4S. The van der Waals surface area contributed by atoms with Gasteiger partial charge in [-0.2, -0.15) is 4.31 Å². The lowest BCUT2D eigenvalue weighted by molar-refractivity contribution is -0.120. The fraction of sp³-hybridized carbons (Fsp3) is 0.350. The lowest BCUT2D eigenvalue weighted by Gasteiger charge is -2.26. The fourth-order valence-corrected chi connectivity index (χ4v) is 4.89. The van der Waals surface area contributed by atoms with Crippen molar-refractivity contribution in [3.63, 3.8) is 0 Å². The zero-order valence-corrected chi connectivity index (χ0v) is 17.3. The monoisotopic (exact) mass is 440 g/mol. The fourth-order valence-electron chi connectivity index (χ4n) is 3.10. The van der Waals surface area contributed by atoms with Gasteiger partial charge in [0.2, 0.25) is 15.9 Å². The Morgan fingerprint density at radius 1 is 1.10 bits per heavy atom. The van der Waals surface area contributed by atoms with Crippen LogP contribution in [-0.2, 0) is 38.3 Å². The minimum Gasteiger partial charge on any atom is -0.379 e. The molecule has 2 aromatic carbocycles.